The van der Waals surface area contributed by atoms with Crippen LogP contribution in [0.5, 0.6) is 5.75 Å². The Morgan fingerprint density at radius 2 is 2.07 bits per heavy atom. The summed E-state index contributed by atoms with van der Waals surface area (Å²) >= 11 is 6.28. The number of hydrogen-bond acceptors (Lipinski definition) is 4. The summed E-state index contributed by atoms with van der Waals surface area (Å²) in [7, 11) is 0. The van der Waals surface area contributed by atoms with Crippen LogP contribution in [0.2, 0.25) is 5.02 Å². The molecule has 6 heteroatoms. The van der Waals surface area contributed by atoms with Gasteiger partial charge in [-0.3, -0.25) is 4.79 Å². The summed E-state index contributed by atoms with van der Waals surface area (Å²) in [5.41, 5.74) is 0.752. The molecule has 2 aliphatic rings. The van der Waals surface area contributed by atoms with E-state index in [0.29, 0.717) is 29.5 Å². The Balaban J connectivity index is 0.00000300. The Bertz CT molecular complexity index is 658. The molecule has 0 aromatic heterocycles. The lowest BCUT2D eigenvalue weighted by Gasteiger charge is -2.45. The van der Waals surface area contributed by atoms with Crippen LogP contribution in [0, 0.1) is 18.8 Å². The van der Waals surface area contributed by atoms with Gasteiger partial charge in [0.25, 0.3) is 5.91 Å². The first-order valence-corrected chi connectivity index (χ1v) is 10.9. The standard InChI is InChI=1S/C22H33ClN2O3.CH2/c1-16(14-26)24-10-11-28-18-6-7-20(23)19(12-18)21(27)25-15-22-8-2-4-17(13-22)5-3-9-22;/h6-7,12,16-17,24,26H,2-5,8-11,13-15H2,1H3,(H,25,27);1H2. The SMILES string of the molecule is CC(CO)NCCOc1ccc(Cl)c(C(=O)NCC23CCCC(CCC2)C3)c1.[CH2]. The van der Waals surface area contributed by atoms with E-state index in [2.05, 4.69) is 10.6 Å². The molecule has 2 bridgehead atoms. The van der Waals surface area contributed by atoms with Crippen molar-refractivity contribution >= 4 is 17.5 Å². The molecule has 2 aliphatic carbocycles. The highest BCUT2D eigenvalue weighted by Gasteiger charge is 2.39. The lowest BCUT2D eigenvalue weighted by atomic mass is 9.62. The minimum absolute atomic E-state index is 0. The molecule has 1 aromatic rings. The van der Waals surface area contributed by atoms with Crippen molar-refractivity contribution in [1.29, 1.82) is 0 Å². The van der Waals surface area contributed by atoms with Crippen molar-refractivity contribution in [1.82, 2.24) is 10.6 Å². The molecule has 1 unspecified atom stereocenters. The van der Waals surface area contributed by atoms with Crippen molar-refractivity contribution in [2.75, 3.05) is 26.3 Å². The van der Waals surface area contributed by atoms with E-state index in [9.17, 15) is 4.79 Å². The highest BCUT2D eigenvalue weighted by molar-refractivity contribution is 6.33. The van der Waals surface area contributed by atoms with Gasteiger partial charge in [0.2, 0.25) is 0 Å². The first-order valence-electron chi connectivity index (χ1n) is 10.6. The molecule has 1 atom stereocenters. The van der Waals surface area contributed by atoms with Crippen molar-refractivity contribution in [2.45, 2.75) is 57.9 Å². The van der Waals surface area contributed by atoms with Gasteiger partial charge >= 0.3 is 0 Å². The first kappa shape index (κ1) is 24.0. The van der Waals surface area contributed by atoms with Crippen molar-refractivity contribution in [3.63, 3.8) is 0 Å². The van der Waals surface area contributed by atoms with E-state index in [-0.39, 0.29) is 31.4 Å². The monoisotopic (exact) mass is 422 g/mol. The number of benzene rings is 1. The topological polar surface area (TPSA) is 70.6 Å². The van der Waals surface area contributed by atoms with Crippen LogP contribution in [0.15, 0.2) is 18.2 Å². The smallest absolute Gasteiger partial charge is 0.252 e. The molecule has 29 heavy (non-hydrogen) atoms. The predicted octanol–water partition coefficient (Wildman–Crippen LogP) is 4.11. The van der Waals surface area contributed by atoms with E-state index in [4.69, 9.17) is 21.4 Å². The van der Waals surface area contributed by atoms with Gasteiger partial charge in [-0.1, -0.05) is 44.7 Å². The zero-order valence-electron chi connectivity index (χ0n) is 17.5. The fraction of sp³-hybridized carbons (Fsp3) is 0.652. The highest BCUT2D eigenvalue weighted by atomic mass is 35.5. The normalized spacial score (nSPS) is 24.3. The number of halogens is 1. The van der Waals surface area contributed by atoms with Crippen molar-refractivity contribution in [2.24, 2.45) is 11.3 Å². The van der Waals surface area contributed by atoms with E-state index < -0.39 is 0 Å². The number of aliphatic hydroxyl groups excluding tert-OH is 1. The van der Waals surface area contributed by atoms with Crippen LogP contribution in [0.25, 0.3) is 0 Å². The van der Waals surface area contributed by atoms with Crippen LogP contribution >= 0.6 is 11.6 Å². The molecule has 3 rings (SSSR count). The second-order valence-electron chi connectivity index (χ2n) is 8.57. The Morgan fingerprint density at radius 3 is 2.76 bits per heavy atom. The minimum atomic E-state index is -0.121. The van der Waals surface area contributed by atoms with Crippen LogP contribution in [-0.2, 0) is 0 Å². The molecule has 0 aliphatic heterocycles. The fourth-order valence-corrected chi connectivity index (χ4v) is 4.94. The maximum Gasteiger partial charge on any atom is 0.252 e. The van der Waals surface area contributed by atoms with Crippen LogP contribution in [0.3, 0.4) is 0 Å². The summed E-state index contributed by atoms with van der Waals surface area (Å²) in [5, 5.41) is 15.8. The van der Waals surface area contributed by atoms with Crippen LogP contribution < -0.4 is 15.4 Å². The van der Waals surface area contributed by atoms with E-state index in [1.54, 1.807) is 18.2 Å². The number of hydrogen-bond donors (Lipinski definition) is 3. The molecule has 5 nitrogen and oxygen atoms in total. The summed E-state index contributed by atoms with van der Waals surface area (Å²) in [4.78, 5) is 12.8. The molecule has 2 radical (unpaired) electrons. The van der Waals surface area contributed by atoms with Gasteiger partial charge in [0.15, 0.2) is 0 Å². The van der Waals surface area contributed by atoms with Crippen LogP contribution in [0.4, 0.5) is 0 Å². The number of nitrogens with one attached hydrogen (secondary N) is 2. The zero-order chi connectivity index (χ0) is 20.0. The Kier molecular flexibility index (Phi) is 9.25. The minimum Gasteiger partial charge on any atom is -0.492 e. The number of fused-ring (bicyclic) bond motifs is 2. The number of amides is 1. The van der Waals surface area contributed by atoms with Gasteiger partial charge in [-0.05, 0) is 55.7 Å². The van der Waals surface area contributed by atoms with E-state index in [1.165, 1.54) is 44.9 Å². The first-order chi connectivity index (χ1) is 13.5. The van der Waals surface area contributed by atoms with E-state index in [0.717, 1.165) is 12.5 Å². The number of aliphatic hydroxyl groups is 1. The molecule has 0 heterocycles. The van der Waals surface area contributed by atoms with Gasteiger partial charge in [0, 0.05) is 19.1 Å². The molecular formula is C23H35ClN2O3. The summed E-state index contributed by atoms with van der Waals surface area (Å²) in [6.45, 7) is 3.82. The van der Waals surface area contributed by atoms with Crippen molar-refractivity contribution in [3.05, 3.63) is 36.2 Å². The average molecular weight is 423 g/mol. The fourth-order valence-electron chi connectivity index (χ4n) is 4.74. The van der Waals surface area contributed by atoms with Crippen LogP contribution in [0.1, 0.15) is 62.2 Å². The molecule has 0 spiro atoms. The lowest BCUT2D eigenvalue weighted by Crippen LogP contribution is -2.43. The quantitative estimate of drug-likeness (QED) is 0.524. The highest BCUT2D eigenvalue weighted by Crippen LogP contribution is 2.48. The molecule has 1 aromatic carbocycles. The zero-order valence-corrected chi connectivity index (χ0v) is 18.3. The summed E-state index contributed by atoms with van der Waals surface area (Å²) in [6, 6.07) is 5.24. The summed E-state index contributed by atoms with van der Waals surface area (Å²) < 4.78 is 5.72. The second kappa shape index (κ2) is 11.2. The third-order valence-electron chi connectivity index (χ3n) is 6.30. The number of carbonyl (C=O) groups excluding carboxylic acids is 1. The van der Waals surface area contributed by atoms with Crippen molar-refractivity contribution < 1.29 is 14.6 Å². The summed E-state index contributed by atoms with van der Waals surface area (Å²) in [6.07, 6.45) is 8.98. The van der Waals surface area contributed by atoms with Gasteiger partial charge in [-0.2, -0.15) is 0 Å². The van der Waals surface area contributed by atoms with Crippen LogP contribution in [-0.4, -0.2) is 43.4 Å². The van der Waals surface area contributed by atoms with Gasteiger partial charge < -0.3 is 20.5 Å². The molecule has 3 N–H and O–H groups in total. The largest absolute Gasteiger partial charge is 0.492 e. The maximum absolute atomic E-state index is 12.8. The molecule has 0 saturated heterocycles. The van der Waals surface area contributed by atoms with Gasteiger partial charge in [0.1, 0.15) is 12.4 Å². The Hall–Kier alpha value is -1.30. The van der Waals surface area contributed by atoms with Crippen molar-refractivity contribution in [3.8, 4) is 5.75 Å². The van der Waals surface area contributed by atoms with Gasteiger partial charge in [-0.15, -0.1) is 0 Å². The predicted molar refractivity (Wildman–Crippen MR) is 117 cm³/mol. The van der Waals surface area contributed by atoms with E-state index >= 15 is 0 Å². The Morgan fingerprint density at radius 1 is 1.34 bits per heavy atom. The van der Waals surface area contributed by atoms with E-state index in [1.807, 2.05) is 6.92 Å². The molecule has 2 fully saturated rings. The Labute approximate surface area is 180 Å². The lowest BCUT2D eigenvalue weighted by molar-refractivity contribution is 0.0681. The average Bonchev–Trinajstić information content (AvgIpc) is 2.70. The van der Waals surface area contributed by atoms with Gasteiger partial charge in [0.05, 0.1) is 17.2 Å². The molecule has 162 valence electrons. The number of carbonyl (C=O) groups is 1. The molecule has 2 saturated carbocycles. The summed E-state index contributed by atoms with van der Waals surface area (Å²) in [5.74, 6) is 1.35. The molecule has 1 amide bonds. The maximum atomic E-state index is 12.8. The molecular weight excluding hydrogens is 388 g/mol. The third kappa shape index (κ3) is 6.59. The van der Waals surface area contributed by atoms with Gasteiger partial charge in [-0.25, -0.2) is 0 Å². The second-order valence-corrected chi connectivity index (χ2v) is 8.97. The number of rotatable bonds is 9. The third-order valence-corrected chi connectivity index (χ3v) is 6.63. The number of ether oxygens (including phenoxy) is 1.